The molecule has 1 heterocycles. The minimum atomic E-state index is 0.590. The molecule has 1 spiro atoms. The summed E-state index contributed by atoms with van der Waals surface area (Å²) in [5.74, 6) is 0. The quantitative estimate of drug-likeness (QED) is 0.615. The summed E-state index contributed by atoms with van der Waals surface area (Å²) >= 11 is 2.12. The molecule has 2 aliphatic rings. The lowest BCUT2D eigenvalue weighted by Gasteiger charge is -2.32. The summed E-state index contributed by atoms with van der Waals surface area (Å²) in [4.78, 5) is 3.39. The van der Waals surface area contributed by atoms with Gasteiger partial charge >= 0.3 is 0 Å². The van der Waals surface area contributed by atoms with Crippen molar-refractivity contribution in [3.05, 3.63) is 21.4 Å². The van der Waals surface area contributed by atoms with Gasteiger partial charge in [-0.05, 0) is 55.6 Å². The zero-order valence-electron chi connectivity index (χ0n) is 11.8. The molecule has 3 rings (SSSR count). The van der Waals surface area contributed by atoms with E-state index in [0.29, 0.717) is 5.41 Å². The summed E-state index contributed by atoms with van der Waals surface area (Å²) in [5.41, 5.74) is 2.38. The summed E-state index contributed by atoms with van der Waals surface area (Å²) in [7, 11) is 0. The van der Waals surface area contributed by atoms with Gasteiger partial charge in [-0.2, -0.15) is 0 Å². The van der Waals surface area contributed by atoms with Crippen molar-refractivity contribution in [3.8, 4) is 0 Å². The second-order valence-corrected chi connectivity index (χ2v) is 7.53. The number of rotatable bonds is 1. The number of thiophene rings is 1. The average Bonchev–Trinajstić information content (AvgIpc) is 2.57. The van der Waals surface area contributed by atoms with Crippen LogP contribution in [0.3, 0.4) is 0 Å². The van der Waals surface area contributed by atoms with E-state index < -0.39 is 0 Å². The predicted octanol–water partition coefficient (Wildman–Crippen LogP) is 5.63. The minimum Gasteiger partial charge on any atom is -0.145 e. The number of fused-ring (bicyclic) bond motifs is 2. The molecular formula is C17H26S. The monoisotopic (exact) mass is 262 g/mol. The molecule has 0 aromatic carbocycles. The van der Waals surface area contributed by atoms with Crippen molar-refractivity contribution in [2.75, 3.05) is 0 Å². The van der Waals surface area contributed by atoms with Crippen LogP contribution in [0.1, 0.15) is 80.0 Å². The lowest BCUT2D eigenvalue weighted by molar-refractivity contribution is 0.339. The van der Waals surface area contributed by atoms with Crippen molar-refractivity contribution in [1.82, 2.24) is 0 Å². The van der Waals surface area contributed by atoms with E-state index in [1.165, 1.54) is 70.6 Å². The Morgan fingerprint density at radius 3 is 2.33 bits per heavy atom. The van der Waals surface area contributed by atoms with Gasteiger partial charge in [0.15, 0.2) is 0 Å². The van der Waals surface area contributed by atoms with Crippen LogP contribution in [0.5, 0.6) is 0 Å². The molecule has 0 N–H and O–H groups in total. The van der Waals surface area contributed by atoms with Gasteiger partial charge in [-0.3, -0.25) is 0 Å². The number of hydrogen-bond donors (Lipinski definition) is 0. The predicted molar refractivity (Wildman–Crippen MR) is 80.6 cm³/mol. The Labute approximate surface area is 116 Å². The van der Waals surface area contributed by atoms with Crippen molar-refractivity contribution >= 4 is 11.3 Å². The molecule has 1 aromatic rings. The Bertz CT molecular complexity index is 394. The summed E-state index contributed by atoms with van der Waals surface area (Å²) in [6.45, 7) is 2.31. The Morgan fingerprint density at radius 1 is 1.00 bits per heavy atom. The summed E-state index contributed by atoms with van der Waals surface area (Å²) in [6.07, 6.45) is 15.8. The molecule has 0 saturated heterocycles. The van der Waals surface area contributed by atoms with E-state index in [4.69, 9.17) is 0 Å². The van der Waals surface area contributed by atoms with Crippen LogP contribution in [-0.4, -0.2) is 0 Å². The van der Waals surface area contributed by atoms with Gasteiger partial charge in [-0.1, -0.05) is 39.0 Å². The van der Waals surface area contributed by atoms with Gasteiger partial charge in [-0.15, -0.1) is 11.3 Å². The normalized spacial score (nSPS) is 23.4. The largest absolute Gasteiger partial charge is 0.145 e. The minimum absolute atomic E-state index is 0.590. The highest BCUT2D eigenvalue weighted by molar-refractivity contribution is 7.12. The van der Waals surface area contributed by atoms with E-state index in [9.17, 15) is 0 Å². The molecule has 1 saturated carbocycles. The van der Waals surface area contributed by atoms with Gasteiger partial charge in [0.25, 0.3) is 0 Å². The van der Waals surface area contributed by atoms with Crippen LogP contribution in [0.15, 0.2) is 6.07 Å². The molecule has 0 amide bonds. The van der Waals surface area contributed by atoms with Gasteiger partial charge in [0, 0.05) is 9.75 Å². The highest BCUT2D eigenvalue weighted by Crippen LogP contribution is 2.48. The molecule has 0 atom stereocenters. The second-order valence-electron chi connectivity index (χ2n) is 6.30. The van der Waals surface area contributed by atoms with Crippen molar-refractivity contribution in [2.45, 2.75) is 83.0 Å². The molecule has 100 valence electrons. The molecule has 0 unspecified atom stereocenters. The number of aryl methyl sites for hydroxylation is 2. The van der Waals surface area contributed by atoms with Crippen molar-refractivity contribution in [1.29, 1.82) is 0 Å². The second kappa shape index (κ2) is 5.36. The topological polar surface area (TPSA) is 0 Å². The summed E-state index contributed by atoms with van der Waals surface area (Å²) in [5, 5.41) is 0. The maximum absolute atomic E-state index is 2.59. The third kappa shape index (κ3) is 2.27. The third-order valence-corrected chi connectivity index (χ3v) is 6.49. The van der Waals surface area contributed by atoms with Crippen molar-refractivity contribution < 1.29 is 0 Å². The molecule has 1 aromatic heterocycles. The van der Waals surface area contributed by atoms with Gasteiger partial charge in [0.1, 0.15) is 0 Å². The van der Waals surface area contributed by atoms with Crippen LogP contribution < -0.4 is 0 Å². The molecule has 1 fully saturated rings. The Balaban J connectivity index is 2.00. The van der Waals surface area contributed by atoms with Gasteiger partial charge < -0.3 is 0 Å². The summed E-state index contributed by atoms with van der Waals surface area (Å²) < 4.78 is 0. The highest BCUT2D eigenvalue weighted by atomic mass is 32.1. The molecular weight excluding hydrogens is 236 g/mol. The van der Waals surface area contributed by atoms with E-state index in [-0.39, 0.29) is 0 Å². The van der Waals surface area contributed by atoms with Crippen LogP contribution in [-0.2, 0) is 18.3 Å². The Hall–Kier alpha value is -0.300. The first kappa shape index (κ1) is 12.7. The first-order chi connectivity index (χ1) is 8.84. The first-order valence-corrected chi connectivity index (χ1v) is 8.78. The third-order valence-electron chi connectivity index (χ3n) is 5.15. The van der Waals surface area contributed by atoms with Crippen molar-refractivity contribution in [3.63, 3.8) is 0 Å². The molecule has 0 radical (unpaired) electrons. The van der Waals surface area contributed by atoms with E-state index in [1.807, 2.05) is 0 Å². The van der Waals surface area contributed by atoms with Gasteiger partial charge in [-0.25, -0.2) is 0 Å². The van der Waals surface area contributed by atoms with Crippen LogP contribution in [0.4, 0.5) is 0 Å². The molecule has 1 heteroatoms. The van der Waals surface area contributed by atoms with E-state index in [2.05, 4.69) is 24.3 Å². The van der Waals surface area contributed by atoms with Crippen LogP contribution in [0.2, 0.25) is 0 Å². The van der Waals surface area contributed by atoms with Crippen LogP contribution in [0.25, 0.3) is 0 Å². The maximum atomic E-state index is 2.59. The van der Waals surface area contributed by atoms with E-state index >= 15 is 0 Å². The lowest BCUT2D eigenvalue weighted by Crippen LogP contribution is -2.25. The van der Waals surface area contributed by atoms with E-state index in [0.717, 1.165) is 0 Å². The van der Waals surface area contributed by atoms with Gasteiger partial charge in [0.2, 0.25) is 0 Å². The maximum Gasteiger partial charge on any atom is 0.00858 e. The lowest BCUT2D eigenvalue weighted by atomic mass is 9.72. The average molecular weight is 262 g/mol. The molecule has 0 aliphatic heterocycles. The first-order valence-electron chi connectivity index (χ1n) is 7.96. The number of hydrogen-bond acceptors (Lipinski definition) is 1. The molecule has 0 bridgehead atoms. The summed E-state index contributed by atoms with van der Waals surface area (Å²) in [6, 6.07) is 2.59. The van der Waals surface area contributed by atoms with Crippen LogP contribution in [0, 0.1) is 0 Å². The fraction of sp³-hybridized carbons (Fsp3) is 0.765. The van der Waals surface area contributed by atoms with Gasteiger partial charge in [0.05, 0.1) is 0 Å². The molecule has 0 nitrogen and oxygen atoms in total. The Morgan fingerprint density at radius 2 is 1.67 bits per heavy atom. The smallest absolute Gasteiger partial charge is 0.00858 e. The Kier molecular flexibility index (Phi) is 3.79. The fourth-order valence-corrected chi connectivity index (χ4v) is 5.37. The standard InChI is InChI=1S/C17H26S/c1-2-14-13-15-16(18-14)9-5-8-12-17(15)10-6-3-4-7-11-17/h13H,2-12H2,1H3. The fourth-order valence-electron chi connectivity index (χ4n) is 4.10. The SMILES string of the molecule is CCc1cc2c(s1)CCCCC21CCCCCC1. The molecule has 18 heavy (non-hydrogen) atoms. The highest BCUT2D eigenvalue weighted by Gasteiger charge is 2.36. The zero-order valence-corrected chi connectivity index (χ0v) is 12.6. The van der Waals surface area contributed by atoms with E-state index in [1.54, 1.807) is 15.3 Å². The van der Waals surface area contributed by atoms with Crippen LogP contribution >= 0.6 is 11.3 Å². The zero-order chi connectivity index (χ0) is 12.4. The van der Waals surface area contributed by atoms with Crippen molar-refractivity contribution in [2.24, 2.45) is 0 Å². The molecule has 2 aliphatic carbocycles.